The van der Waals surface area contributed by atoms with E-state index in [1.54, 1.807) is 24.4 Å². The van der Waals surface area contributed by atoms with Crippen molar-refractivity contribution in [2.45, 2.75) is 19.9 Å². The standard InChI is InChI=1S/C14H14BrN3O2/c1-9-7-11(8-16-14(9)15)17-10(2)12-5-3-4-6-13(12)18(19)20/h3-8,10,17H,1-2H3. The van der Waals surface area contributed by atoms with E-state index >= 15 is 0 Å². The summed E-state index contributed by atoms with van der Waals surface area (Å²) >= 11 is 3.34. The molecule has 2 rings (SSSR count). The summed E-state index contributed by atoms with van der Waals surface area (Å²) < 4.78 is 0.793. The molecule has 0 aliphatic heterocycles. The van der Waals surface area contributed by atoms with E-state index in [-0.39, 0.29) is 16.7 Å². The predicted octanol–water partition coefficient (Wildman–Crippen LogP) is 4.23. The second kappa shape index (κ2) is 6.00. The fourth-order valence-corrected chi connectivity index (χ4v) is 2.20. The Balaban J connectivity index is 2.26. The maximum absolute atomic E-state index is 11.0. The van der Waals surface area contributed by atoms with Crippen molar-refractivity contribution in [2.24, 2.45) is 0 Å². The molecule has 1 unspecified atom stereocenters. The number of hydrogen-bond donors (Lipinski definition) is 1. The summed E-state index contributed by atoms with van der Waals surface area (Å²) in [4.78, 5) is 14.9. The van der Waals surface area contributed by atoms with Crippen molar-refractivity contribution >= 4 is 27.3 Å². The molecular weight excluding hydrogens is 322 g/mol. The van der Waals surface area contributed by atoms with Gasteiger partial charge in [0.15, 0.2) is 0 Å². The number of nitrogens with one attached hydrogen (secondary N) is 1. The summed E-state index contributed by atoms with van der Waals surface area (Å²) in [6.45, 7) is 3.83. The first-order valence-corrected chi connectivity index (χ1v) is 6.90. The van der Waals surface area contributed by atoms with Gasteiger partial charge in [-0.05, 0) is 41.4 Å². The minimum absolute atomic E-state index is 0.120. The quantitative estimate of drug-likeness (QED) is 0.515. The number of hydrogen-bond acceptors (Lipinski definition) is 4. The van der Waals surface area contributed by atoms with Gasteiger partial charge >= 0.3 is 0 Å². The molecule has 1 heterocycles. The van der Waals surface area contributed by atoms with Crippen molar-refractivity contribution in [3.63, 3.8) is 0 Å². The van der Waals surface area contributed by atoms with E-state index in [0.29, 0.717) is 5.56 Å². The first-order chi connectivity index (χ1) is 9.49. The van der Waals surface area contributed by atoms with E-state index < -0.39 is 0 Å². The molecule has 2 aromatic rings. The molecule has 0 spiro atoms. The number of aryl methyl sites for hydroxylation is 1. The van der Waals surface area contributed by atoms with Crippen molar-refractivity contribution in [1.29, 1.82) is 0 Å². The topological polar surface area (TPSA) is 68.1 Å². The molecular formula is C14H14BrN3O2. The molecule has 5 nitrogen and oxygen atoms in total. The normalized spacial score (nSPS) is 11.9. The zero-order valence-electron chi connectivity index (χ0n) is 11.1. The van der Waals surface area contributed by atoms with Crippen LogP contribution in [-0.2, 0) is 0 Å². The molecule has 20 heavy (non-hydrogen) atoms. The highest BCUT2D eigenvalue weighted by molar-refractivity contribution is 9.10. The third kappa shape index (κ3) is 3.14. The molecule has 6 heteroatoms. The van der Waals surface area contributed by atoms with Gasteiger partial charge in [-0.25, -0.2) is 4.98 Å². The summed E-state index contributed by atoms with van der Waals surface area (Å²) in [6.07, 6.45) is 1.70. The lowest BCUT2D eigenvalue weighted by Crippen LogP contribution is -2.09. The van der Waals surface area contributed by atoms with E-state index in [1.165, 1.54) is 6.07 Å². The average Bonchev–Trinajstić information content (AvgIpc) is 2.43. The summed E-state index contributed by atoms with van der Waals surface area (Å²) in [6, 6.07) is 8.50. The molecule has 0 amide bonds. The van der Waals surface area contributed by atoms with Crippen LogP contribution in [0.25, 0.3) is 0 Å². The highest BCUT2D eigenvalue weighted by atomic mass is 79.9. The summed E-state index contributed by atoms with van der Waals surface area (Å²) in [7, 11) is 0. The van der Waals surface area contributed by atoms with Gasteiger partial charge in [-0.3, -0.25) is 10.1 Å². The van der Waals surface area contributed by atoms with Gasteiger partial charge in [0.05, 0.1) is 28.4 Å². The number of nitro groups is 1. The molecule has 1 aromatic heterocycles. The zero-order chi connectivity index (χ0) is 14.7. The minimum atomic E-state index is -0.363. The molecule has 0 fully saturated rings. The van der Waals surface area contributed by atoms with Crippen LogP contribution < -0.4 is 5.32 Å². The number of pyridine rings is 1. The van der Waals surface area contributed by atoms with Gasteiger partial charge in [-0.15, -0.1) is 0 Å². The molecule has 1 N–H and O–H groups in total. The number of nitro benzene ring substituents is 1. The number of benzene rings is 1. The van der Waals surface area contributed by atoms with Gasteiger partial charge in [-0.1, -0.05) is 18.2 Å². The predicted molar refractivity (Wildman–Crippen MR) is 81.8 cm³/mol. The lowest BCUT2D eigenvalue weighted by Gasteiger charge is -2.16. The number of rotatable bonds is 4. The molecule has 0 bridgehead atoms. The first kappa shape index (κ1) is 14.5. The molecule has 1 aromatic carbocycles. The van der Waals surface area contributed by atoms with Crippen LogP contribution >= 0.6 is 15.9 Å². The van der Waals surface area contributed by atoms with Crippen molar-refractivity contribution in [3.05, 3.63) is 62.4 Å². The van der Waals surface area contributed by atoms with Crippen LogP contribution in [0.4, 0.5) is 11.4 Å². The second-order valence-electron chi connectivity index (χ2n) is 4.51. The minimum Gasteiger partial charge on any atom is -0.377 e. The van der Waals surface area contributed by atoms with Crippen LogP contribution in [0.15, 0.2) is 41.1 Å². The van der Waals surface area contributed by atoms with Gasteiger partial charge in [0.2, 0.25) is 0 Å². The fraction of sp³-hybridized carbons (Fsp3) is 0.214. The molecule has 0 aliphatic carbocycles. The largest absolute Gasteiger partial charge is 0.377 e. The molecule has 0 saturated heterocycles. The maximum Gasteiger partial charge on any atom is 0.274 e. The Morgan fingerprint density at radius 2 is 2.10 bits per heavy atom. The van der Waals surface area contributed by atoms with Crippen LogP contribution in [0.2, 0.25) is 0 Å². The van der Waals surface area contributed by atoms with E-state index in [0.717, 1.165) is 15.9 Å². The van der Waals surface area contributed by atoms with Gasteiger partial charge in [-0.2, -0.15) is 0 Å². The average molecular weight is 336 g/mol. The Morgan fingerprint density at radius 3 is 2.75 bits per heavy atom. The smallest absolute Gasteiger partial charge is 0.274 e. The SMILES string of the molecule is Cc1cc(NC(C)c2ccccc2[N+](=O)[O-])cnc1Br. The Hall–Kier alpha value is -1.95. The van der Waals surface area contributed by atoms with Crippen molar-refractivity contribution in [2.75, 3.05) is 5.32 Å². The van der Waals surface area contributed by atoms with E-state index in [9.17, 15) is 10.1 Å². The highest BCUT2D eigenvalue weighted by Crippen LogP contribution is 2.28. The molecule has 104 valence electrons. The van der Waals surface area contributed by atoms with Gasteiger partial charge in [0, 0.05) is 6.07 Å². The molecule has 0 aliphatic rings. The monoisotopic (exact) mass is 335 g/mol. The molecule has 0 saturated carbocycles. The summed E-state index contributed by atoms with van der Waals surface area (Å²) in [5, 5.41) is 14.3. The van der Waals surface area contributed by atoms with Gasteiger partial charge in [0.25, 0.3) is 5.69 Å². The Morgan fingerprint density at radius 1 is 1.40 bits per heavy atom. The van der Waals surface area contributed by atoms with Crippen LogP contribution in [0, 0.1) is 17.0 Å². The Labute approximate surface area is 125 Å². The number of nitrogens with zero attached hydrogens (tertiary/aromatic N) is 2. The van der Waals surface area contributed by atoms with E-state index in [4.69, 9.17) is 0 Å². The third-order valence-electron chi connectivity index (χ3n) is 3.00. The van der Waals surface area contributed by atoms with Crippen LogP contribution in [0.1, 0.15) is 24.1 Å². The van der Waals surface area contributed by atoms with Gasteiger partial charge in [0.1, 0.15) is 4.60 Å². The Kier molecular flexibility index (Phi) is 4.34. The number of aromatic nitrogens is 1. The third-order valence-corrected chi connectivity index (χ3v) is 3.83. The molecule has 1 atom stereocenters. The second-order valence-corrected chi connectivity index (χ2v) is 5.26. The fourth-order valence-electron chi connectivity index (χ4n) is 1.98. The molecule has 0 radical (unpaired) electrons. The number of anilines is 1. The Bertz CT molecular complexity index is 646. The summed E-state index contributed by atoms with van der Waals surface area (Å²) in [5.74, 6) is 0. The first-order valence-electron chi connectivity index (χ1n) is 6.11. The van der Waals surface area contributed by atoms with Gasteiger partial charge < -0.3 is 5.32 Å². The summed E-state index contributed by atoms with van der Waals surface area (Å²) in [5.41, 5.74) is 2.61. The zero-order valence-corrected chi connectivity index (χ0v) is 12.7. The van der Waals surface area contributed by atoms with E-state index in [2.05, 4.69) is 26.2 Å². The number of para-hydroxylation sites is 1. The van der Waals surface area contributed by atoms with Crippen molar-refractivity contribution in [1.82, 2.24) is 4.98 Å². The lowest BCUT2D eigenvalue weighted by molar-refractivity contribution is -0.385. The van der Waals surface area contributed by atoms with Crippen molar-refractivity contribution in [3.8, 4) is 0 Å². The van der Waals surface area contributed by atoms with Crippen molar-refractivity contribution < 1.29 is 4.92 Å². The van der Waals surface area contributed by atoms with Crippen LogP contribution in [-0.4, -0.2) is 9.91 Å². The van der Waals surface area contributed by atoms with Crippen LogP contribution in [0.5, 0.6) is 0 Å². The van der Waals surface area contributed by atoms with E-state index in [1.807, 2.05) is 19.9 Å². The lowest BCUT2D eigenvalue weighted by atomic mass is 10.1. The maximum atomic E-state index is 11.0. The van der Waals surface area contributed by atoms with Crippen LogP contribution in [0.3, 0.4) is 0 Å². The highest BCUT2D eigenvalue weighted by Gasteiger charge is 2.18. The number of halogens is 1.